The summed E-state index contributed by atoms with van der Waals surface area (Å²) in [5.41, 5.74) is 2.82. The summed E-state index contributed by atoms with van der Waals surface area (Å²) in [6, 6.07) is 11.3. The molecule has 1 heterocycles. The van der Waals surface area contributed by atoms with Crippen LogP contribution in [0.25, 0.3) is 0 Å². The average Bonchev–Trinajstić information content (AvgIpc) is 2.96. The molecule has 1 aromatic carbocycles. The quantitative estimate of drug-likeness (QED) is 0.923. The molecule has 0 spiro atoms. The van der Waals surface area contributed by atoms with Gasteiger partial charge in [-0.1, -0.05) is 42.4 Å². The van der Waals surface area contributed by atoms with Gasteiger partial charge in [0.2, 0.25) is 0 Å². The molecule has 0 aliphatic heterocycles. The smallest absolute Gasteiger partial charge is 0.260 e. The van der Waals surface area contributed by atoms with Crippen molar-refractivity contribution in [2.75, 3.05) is 6.54 Å². The topological polar surface area (TPSA) is 53.2 Å². The minimum absolute atomic E-state index is 0.0927. The van der Waals surface area contributed by atoms with Crippen LogP contribution in [0.5, 0.6) is 0 Å². The van der Waals surface area contributed by atoms with Gasteiger partial charge in [0.05, 0.1) is 12.6 Å². The van der Waals surface area contributed by atoms with Crippen LogP contribution in [0.1, 0.15) is 39.6 Å². The number of aryl methyl sites for hydroxylation is 2. The number of pyridine rings is 1. The fourth-order valence-electron chi connectivity index (χ4n) is 3.26. The van der Waals surface area contributed by atoms with Crippen LogP contribution in [0.15, 0.2) is 52.8 Å². The molecule has 124 valence electrons. The summed E-state index contributed by atoms with van der Waals surface area (Å²) in [4.78, 5) is 29.5. The molecule has 1 N–H and O–H groups in total. The third-order valence-electron chi connectivity index (χ3n) is 4.37. The Balaban J connectivity index is 2.00. The molecular weight excluding hydrogens is 324 g/mol. The number of hydrogen-bond acceptors (Lipinski definition) is 2. The van der Waals surface area contributed by atoms with Gasteiger partial charge in [-0.05, 0) is 43.0 Å². The fraction of sp³-hybridized carbons (Fsp3) is 0.263. The van der Waals surface area contributed by atoms with Crippen molar-refractivity contribution in [2.45, 2.75) is 25.8 Å². The monoisotopic (exact) mass is 342 g/mol. The van der Waals surface area contributed by atoms with Gasteiger partial charge in [-0.25, -0.2) is 0 Å². The number of aromatic nitrogens is 1. The van der Waals surface area contributed by atoms with Crippen molar-refractivity contribution in [3.63, 3.8) is 0 Å². The number of hydrogen-bond donors (Lipinski definition) is 1. The summed E-state index contributed by atoms with van der Waals surface area (Å²) in [6.07, 6.45) is 1.72. The number of carbonyl (C=O) groups is 1. The summed E-state index contributed by atoms with van der Waals surface area (Å²) >= 11 is 6.00. The highest BCUT2D eigenvalue weighted by Gasteiger charge is 2.32. The molecule has 24 heavy (non-hydrogen) atoms. The SMILES string of the molecule is C=C(Cl)CN(C(=O)c1ccc(C)[nH]c1=O)[C@@H]1CCc2ccccc21. The zero-order valence-corrected chi connectivity index (χ0v) is 14.3. The number of fused-ring (bicyclic) bond motifs is 1. The van der Waals surface area contributed by atoms with Crippen LogP contribution in [-0.4, -0.2) is 22.3 Å². The number of rotatable bonds is 4. The van der Waals surface area contributed by atoms with Crippen molar-refractivity contribution in [2.24, 2.45) is 0 Å². The Labute approximate surface area is 145 Å². The Kier molecular flexibility index (Phi) is 4.58. The third kappa shape index (κ3) is 3.15. The van der Waals surface area contributed by atoms with Crippen molar-refractivity contribution in [1.82, 2.24) is 9.88 Å². The van der Waals surface area contributed by atoms with Crippen molar-refractivity contribution in [1.29, 1.82) is 0 Å². The number of benzene rings is 1. The van der Waals surface area contributed by atoms with Gasteiger partial charge in [0.15, 0.2) is 0 Å². The van der Waals surface area contributed by atoms with Gasteiger partial charge < -0.3 is 9.88 Å². The lowest BCUT2D eigenvalue weighted by Crippen LogP contribution is -2.38. The number of nitrogens with one attached hydrogen (secondary N) is 1. The minimum atomic E-state index is -0.378. The lowest BCUT2D eigenvalue weighted by atomic mass is 10.1. The van der Waals surface area contributed by atoms with Crippen LogP contribution in [0.3, 0.4) is 0 Å². The molecule has 0 radical (unpaired) electrons. The average molecular weight is 343 g/mol. The Morgan fingerprint density at radius 1 is 1.33 bits per heavy atom. The Bertz CT molecular complexity index is 856. The van der Waals surface area contributed by atoms with Gasteiger partial charge in [-0.3, -0.25) is 9.59 Å². The van der Waals surface area contributed by atoms with Crippen molar-refractivity contribution in [3.05, 3.63) is 80.7 Å². The van der Waals surface area contributed by atoms with E-state index in [1.165, 1.54) is 5.56 Å². The maximum absolute atomic E-state index is 13.0. The van der Waals surface area contributed by atoms with E-state index in [9.17, 15) is 9.59 Å². The molecule has 5 heteroatoms. The summed E-state index contributed by atoms with van der Waals surface area (Å²) in [5, 5.41) is 0.372. The van der Waals surface area contributed by atoms with E-state index in [1.807, 2.05) is 18.2 Å². The van der Waals surface area contributed by atoms with Gasteiger partial charge in [0.1, 0.15) is 5.56 Å². The second kappa shape index (κ2) is 6.65. The predicted octanol–water partition coefficient (Wildman–Crippen LogP) is 3.57. The summed E-state index contributed by atoms with van der Waals surface area (Å²) in [7, 11) is 0. The first kappa shape index (κ1) is 16.5. The van der Waals surface area contributed by atoms with Crippen molar-refractivity contribution < 1.29 is 4.79 Å². The number of halogens is 1. The normalized spacial score (nSPS) is 15.8. The van der Waals surface area contributed by atoms with E-state index in [0.29, 0.717) is 5.03 Å². The van der Waals surface area contributed by atoms with E-state index in [-0.39, 0.29) is 29.6 Å². The molecule has 0 unspecified atom stereocenters. The molecule has 1 aliphatic carbocycles. The summed E-state index contributed by atoms with van der Waals surface area (Å²) in [6.45, 7) is 5.71. The highest BCUT2D eigenvalue weighted by molar-refractivity contribution is 6.29. The van der Waals surface area contributed by atoms with Crippen LogP contribution in [0.2, 0.25) is 0 Å². The highest BCUT2D eigenvalue weighted by atomic mass is 35.5. The zero-order valence-electron chi connectivity index (χ0n) is 13.5. The second-order valence-corrected chi connectivity index (χ2v) is 6.62. The van der Waals surface area contributed by atoms with E-state index >= 15 is 0 Å². The number of nitrogens with zero attached hydrogens (tertiary/aromatic N) is 1. The van der Waals surface area contributed by atoms with Crippen molar-refractivity contribution in [3.8, 4) is 0 Å². The maximum atomic E-state index is 13.0. The van der Waals surface area contributed by atoms with Gasteiger partial charge in [0, 0.05) is 10.7 Å². The molecule has 1 aromatic heterocycles. The molecule has 0 fully saturated rings. The molecule has 0 bridgehead atoms. The first-order valence-electron chi connectivity index (χ1n) is 7.89. The second-order valence-electron chi connectivity index (χ2n) is 6.09. The van der Waals surface area contributed by atoms with Gasteiger partial charge >= 0.3 is 0 Å². The van der Waals surface area contributed by atoms with Gasteiger partial charge in [-0.2, -0.15) is 0 Å². The molecule has 1 aliphatic rings. The fourth-order valence-corrected chi connectivity index (χ4v) is 3.39. The van der Waals surface area contributed by atoms with E-state index < -0.39 is 0 Å². The largest absolute Gasteiger partial charge is 0.326 e. The molecule has 0 saturated heterocycles. The molecule has 2 aromatic rings. The molecule has 1 amide bonds. The summed E-state index contributed by atoms with van der Waals surface area (Å²) in [5.74, 6) is -0.320. The molecule has 0 saturated carbocycles. The Morgan fingerprint density at radius 2 is 2.08 bits per heavy atom. The first-order chi connectivity index (χ1) is 11.5. The Hall–Kier alpha value is -2.33. The highest BCUT2D eigenvalue weighted by Crippen LogP contribution is 2.36. The van der Waals surface area contributed by atoms with Crippen LogP contribution in [-0.2, 0) is 6.42 Å². The number of aromatic amines is 1. The predicted molar refractivity (Wildman–Crippen MR) is 95.3 cm³/mol. The van der Waals surface area contributed by atoms with Crippen LogP contribution < -0.4 is 5.56 Å². The summed E-state index contributed by atoms with van der Waals surface area (Å²) < 4.78 is 0. The van der Waals surface area contributed by atoms with E-state index in [0.717, 1.165) is 24.1 Å². The Morgan fingerprint density at radius 3 is 2.79 bits per heavy atom. The minimum Gasteiger partial charge on any atom is -0.326 e. The lowest BCUT2D eigenvalue weighted by molar-refractivity contribution is 0.0697. The van der Waals surface area contributed by atoms with Crippen LogP contribution in [0.4, 0.5) is 0 Å². The molecule has 3 rings (SSSR count). The zero-order chi connectivity index (χ0) is 17.3. The molecule has 4 nitrogen and oxygen atoms in total. The maximum Gasteiger partial charge on any atom is 0.260 e. The lowest BCUT2D eigenvalue weighted by Gasteiger charge is -2.29. The van der Waals surface area contributed by atoms with E-state index in [1.54, 1.807) is 24.0 Å². The van der Waals surface area contributed by atoms with Crippen LogP contribution >= 0.6 is 11.6 Å². The van der Waals surface area contributed by atoms with Gasteiger partial charge in [-0.15, -0.1) is 0 Å². The number of carbonyl (C=O) groups excluding carboxylic acids is 1. The van der Waals surface area contributed by atoms with E-state index in [2.05, 4.69) is 17.6 Å². The molecule has 1 atom stereocenters. The first-order valence-corrected chi connectivity index (χ1v) is 8.27. The standard InChI is InChI=1S/C19H19ClN2O2/c1-12(20)11-22(17-10-8-14-5-3-4-6-15(14)17)19(24)16-9-7-13(2)21-18(16)23/h3-7,9,17H,1,8,10-11H2,2H3,(H,21,23)/t17-/m1/s1. The van der Waals surface area contributed by atoms with Crippen molar-refractivity contribution >= 4 is 17.5 Å². The third-order valence-corrected chi connectivity index (χ3v) is 4.49. The number of amides is 1. The molecular formula is C19H19ClN2O2. The van der Waals surface area contributed by atoms with E-state index in [4.69, 9.17) is 11.6 Å². The number of H-pyrrole nitrogens is 1. The van der Waals surface area contributed by atoms with Crippen LogP contribution in [0, 0.1) is 6.92 Å². The van der Waals surface area contributed by atoms with Gasteiger partial charge in [0.25, 0.3) is 11.5 Å².